The molecule has 2 heterocycles. The number of anilines is 1. The fourth-order valence-electron chi connectivity index (χ4n) is 2.98. The van der Waals surface area contributed by atoms with E-state index in [1.165, 1.54) is 6.07 Å². The Hall–Kier alpha value is -1.99. The van der Waals surface area contributed by atoms with Gasteiger partial charge in [-0.05, 0) is 52.7 Å². The number of tetrazole rings is 1. The molecule has 4 rings (SSSR count). The average molecular weight is 409 g/mol. The molecule has 5 nitrogen and oxygen atoms in total. The van der Waals surface area contributed by atoms with Gasteiger partial charge in [-0.1, -0.05) is 44.8 Å². The first-order valence-corrected chi connectivity index (χ1v) is 8.54. The van der Waals surface area contributed by atoms with E-state index < -0.39 is 0 Å². The quantitative estimate of drug-likeness (QED) is 0.684. The van der Waals surface area contributed by atoms with Crippen LogP contribution in [0.25, 0.3) is 0 Å². The summed E-state index contributed by atoms with van der Waals surface area (Å²) in [6, 6.07) is 12.1. The molecule has 0 bridgehead atoms. The van der Waals surface area contributed by atoms with E-state index in [4.69, 9.17) is 11.6 Å². The van der Waals surface area contributed by atoms with Crippen molar-refractivity contribution in [1.82, 2.24) is 20.2 Å². The zero-order chi connectivity index (χ0) is 16.7. The number of nitrogens with zero attached hydrogens (tertiary/aromatic N) is 4. The Labute approximate surface area is 151 Å². The van der Waals surface area contributed by atoms with Crippen LogP contribution in [0.1, 0.15) is 29.6 Å². The Morgan fingerprint density at radius 2 is 2.00 bits per heavy atom. The van der Waals surface area contributed by atoms with Gasteiger partial charge in [0.1, 0.15) is 5.82 Å². The Balaban J connectivity index is 1.76. The van der Waals surface area contributed by atoms with Gasteiger partial charge in [0, 0.05) is 15.1 Å². The number of nitrogens with one attached hydrogen (secondary N) is 1. The van der Waals surface area contributed by atoms with Crippen LogP contribution in [0.2, 0.25) is 5.02 Å². The molecule has 2 aromatic carbocycles. The second kappa shape index (κ2) is 6.14. The van der Waals surface area contributed by atoms with Gasteiger partial charge in [-0.15, -0.1) is 0 Å². The van der Waals surface area contributed by atoms with E-state index in [2.05, 4.69) is 36.8 Å². The molecule has 0 unspecified atom stereocenters. The topological polar surface area (TPSA) is 55.6 Å². The van der Waals surface area contributed by atoms with E-state index in [-0.39, 0.29) is 17.9 Å². The number of aromatic nitrogens is 4. The highest BCUT2D eigenvalue weighted by atomic mass is 79.9. The highest BCUT2D eigenvalue weighted by Gasteiger charge is 2.32. The first kappa shape index (κ1) is 15.5. The lowest BCUT2D eigenvalue weighted by atomic mass is 9.93. The van der Waals surface area contributed by atoms with Gasteiger partial charge in [-0.3, -0.25) is 0 Å². The molecule has 1 aromatic heterocycles. The number of halogens is 3. The van der Waals surface area contributed by atoms with Crippen molar-refractivity contribution in [2.24, 2.45) is 0 Å². The van der Waals surface area contributed by atoms with Crippen molar-refractivity contribution in [3.8, 4) is 0 Å². The normalized spacial score (nSPS) is 19.6. The van der Waals surface area contributed by atoms with Crippen molar-refractivity contribution in [2.75, 3.05) is 5.32 Å². The molecule has 0 aliphatic carbocycles. The van der Waals surface area contributed by atoms with Crippen LogP contribution in [0, 0.1) is 5.82 Å². The molecule has 24 heavy (non-hydrogen) atoms. The lowest BCUT2D eigenvalue weighted by molar-refractivity contribution is 0.409. The van der Waals surface area contributed by atoms with Crippen LogP contribution in [0.15, 0.2) is 46.9 Å². The maximum atomic E-state index is 14.4. The van der Waals surface area contributed by atoms with Gasteiger partial charge < -0.3 is 5.32 Å². The molecule has 0 spiro atoms. The van der Waals surface area contributed by atoms with E-state index >= 15 is 0 Å². The SMILES string of the molecule is Fc1ccc(Br)cc1[C@H]1C[C@H](c2ccc(Cl)cc2)Nc2nnnn21. The van der Waals surface area contributed by atoms with E-state index in [0.29, 0.717) is 23.0 Å². The van der Waals surface area contributed by atoms with Crippen LogP contribution in [0.5, 0.6) is 0 Å². The third-order valence-electron chi connectivity index (χ3n) is 4.14. The van der Waals surface area contributed by atoms with Crippen molar-refractivity contribution in [3.05, 3.63) is 68.9 Å². The molecular weight excluding hydrogens is 397 g/mol. The predicted molar refractivity (Wildman–Crippen MR) is 92.5 cm³/mol. The summed E-state index contributed by atoms with van der Waals surface area (Å²) in [6.07, 6.45) is 0.618. The van der Waals surface area contributed by atoms with Crippen LogP contribution >= 0.6 is 27.5 Å². The summed E-state index contributed by atoms with van der Waals surface area (Å²) in [5.74, 6) is 0.243. The Morgan fingerprint density at radius 1 is 1.21 bits per heavy atom. The number of fused-ring (bicyclic) bond motifs is 1. The molecule has 1 aliphatic rings. The van der Waals surface area contributed by atoms with E-state index in [1.54, 1.807) is 16.8 Å². The largest absolute Gasteiger partial charge is 0.346 e. The van der Waals surface area contributed by atoms with Gasteiger partial charge >= 0.3 is 0 Å². The van der Waals surface area contributed by atoms with Gasteiger partial charge in [-0.2, -0.15) is 0 Å². The first-order valence-electron chi connectivity index (χ1n) is 7.36. The fourth-order valence-corrected chi connectivity index (χ4v) is 3.48. The molecule has 1 aliphatic heterocycles. The maximum absolute atomic E-state index is 14.4. The predicted octanol–water partition coefficient (Wildman–Crippen LogP) is 4.37. The second-order valence-electron chi connectivity index (χ2n) is 5.61. The highest BCUT2D eigenvalue weighted by Crippen LogP contribution is 2.38. The van der Waals surface area contributed by atoms with Gasteiger partial charge in [0.05, 0.1) is 12.1 Å². The molecule has 0 fully saturated rings. The molecule has 8 heteroatoms. The molecular formula is C16H12BrClFN5. The summed E-state index contributed by atoms with van der Waals surface area (Å²) in [6.45, 7) is 0. The number of hydrogen-bond donors (Lipinski definition) is 1. The smallest absolute Gasteiger partial charge is 0.243 e. The van der Waals surface area contributed by atoms with Gasteiger partial charge in [0.2, 0.25) is 5.95 Å². The number of benzene rings is 2. The van der Waals surface area contributed by atoms with Crippen molar-refractivity contribution < 1.29 is 4.39 Å². The molecule has 0 saturated carbocycles. The zero-order valence-electron chi connectivity index (χ0n) is 12.3. The third-order valence-corrected chi connectivity index (χ3v) is 4.88. The fraction of sp³-hybridized carbons (Fsp3) is 0.188. The first-order chi connectivity index (χ1) is 11.6. The summed E-state index contributed by atoms with van der Waals surface area (Å²) < 4.78 is 16.8. The third kappa shape index (κ3) is 2.78. The molecule has 1 N–H and O–H groups in total. The minimum atomic E-state index is -0.297. The van der Waals surface area contributed by atoms with E-state index in [0.717, 1.165) is 10.0 Å². The molecule has 0 amide bonds. The number of rotatable bonds is 2. The monoisotopic (exact) mass is 407 g/mol. The van der Waals surface area contributed by atoms with Gasteiger partial charge in [0.15, 0.2) is 0 Å². The summed E-state index contributed by atoms with van der Waals surface area (Å²) in [5.41, 5.74) is 1.60. The Kier molecular flexibility index (Phi) is 3.97. The second-order valence-corrected chi connectivity index (χ2v) is 6.96. The van der Waals surface area contributed by atoms with Crippen LogP contribution in [0.4, 0.5) is 10.3 Å². The van der Waals surface area contributed by atoms with Crippen molar-refractivity contribution in [3.63, 3.8) is 0 Å². The minimum Gasteiger partial charge on any atom is -0.346 e. The summed E-state index contributed by atoms with van der Waals surface area (Å²) in [7, 11) is 0. The standard InChI is InChI=1S/C16H12BrClFN5/c17-10-3-6-13(19)12(7-10)15-8-14(9-1-4-11(18)5-2-9)20-16-21-22-23-24(15)16/h1-7,14-15H,8H2,(H,20,21,23)/t14-,15-/m1/s1. The van der Waals surface area contributed by atoms with Crippen LogP contribution < -0.4 is 5.32 Å². The van der Waals surface area contributed by atoms with Crippen molar-refractivity contribution >= 4 is 33.5 Å². The minimum absolute atomic E-state index is 0.0378. The summed E-state index contributed by atoms with van der Waals surface area (Å²) in [5, 5.41) is 15.7. The molecule has 2 atom stereocenters. The molecule has 0 radical (unpaired) electrons. The molecule has 3 aromatic rings. The van der Waals surface area contributed by atoms with Gasteiger partial charge in [0.25, 0.3) is 0 Å². The maximum Gasteiger partial charge on any atom is 0.243 e. The summed E-state index contributed by atoms with van der Waals surface area (Å²) in [4.78, 5) is 0. The Bertz CT molecular complexity index is 882. The lowest BCUT2D eigenvalue weighted by Gasteiger charge is -2.31. The highest BCUT2D eigenvalue weighted by molar-refractivity contribution is 9.10. The Morgan fingerprint density at radius 3 is 2.79 bits per heavy atom. The van der Waals surface area contributed by atoms with Crippen LogP contribution in [0.3, 0.4) is 0 Å². The number of hydrogen-bond acceptors (Lipinski definition) is 4. The van der Waals surface area contributed by atoms with E-state index in [1.807, 2.05) is 24.3 Å². The molecule has 122 valence electrons. The lowest BCUT2D eigenvalue weighted by Crippen LogP contribution is -2.28. The molecule has 0 saturated heterocycles. The average Bonchev–Trinajstić information content (AvgIpc) is 3.05. The summed E-state index contributed by atoms with van der Waals surface area (Å²) >= 11 is 9.37. The van der Waals surface area contributed by atoms with Gasteiger partial charge in [-0.25, -0.2) is 9.07 Å². The van der Waals surface area contributed by atoms with Crippen LogP contribution in [-0.2, 0) is 0 Å². The van der Waals surface area contributed by atoms with Crippen molar-refractivity contribution in [1.29, 1.82) is 0 Å². The van der Waals surface area contributed by atoms with Crippen molar-refractivity contribution in [2.45, 2.75) is 18.5 Å². The zero-order valence-corrected chi connectivity index (χ0v) is 14.7. The van der Waals surface area contributed by atoms with E-state index in [9.17, 15) is 4.39 Å². The van der Waals surface area contributed by atoms with Crippen LogP contribution in [-0.4, -0.2) is 20.2 Å².